The Bertz CT molecular complexity index is 1330. The summed E-state index contributed by atoms with van der Waals surface area (Å²) < 4.78 is 35.2. The van der Waals surface area contributed by atoms with E-state index in [1.165, 1.54) is 25.3 Å². The van der Waals surface area contributed by atoms with Gasteiger partial charge < -0.3 is 14.6 Å². The zero-order valence-electron chi connectivity index (χ0n) is 17.1. The minimum Gasteiger partial charge on any atom is -0.495 e. The molecule has 8 nitrogen and oxygen atoms in total. The molecule has 1 amide bonds. The highest BCUT2D eigenvalue weighted by Crippen LogP contribution is 2.26. The lowest BCUT2D eigenvalue weighted by Crippen LogP contribution is -2.16. The van der Waals surface area contributed by atoms with Gasteiger partial charge in [-0.2, -0.15) is 0 Å². The highest BCUT2D eigenvalue weighted by Gasteiger charge is 2.18. The number of anilines is 2. The van der Waals surface area contributed by atoms with Crippen LogP contribution in [0, 0.1) is 0 Å². The Labute approximate surface area is 185 Å². The van der Waals surface area contributed by atoms with Crippen molar-refractivity contribution in [2.45, 2.75) is 4.90 Å². The molecule has 0 saturated heterocycles. The summed E-state index contributed by atoms with van der Waals surface area (Å²) in [6.07, 6.45) is 5.18. The van der Waals surface area contributed by atoms with E-state index in [2.05, 4.69) is 15.0 Å². The summed E-state index contributed by atoms with van der Waals surface area (Å²) >= 11 is 0. The Balaban J connectivity index is 1.51. The van der Waals surface area contributed by atoms with Crippen molar-refractivity contribution < 1.29 is 17.9 Å². The summed E-state index contributed by atoms with van der Waals surface area (Å²) in [6, 6.07) is 19.7. The smallest absolute Gasteiger partial charge is 0.262 e. The van der Waals surface area contributed by atoms with E-state index in [1.807, 2.05) is 22.9 Å². The van der Waals surface area contributed by atoms with Crippen LogP contribution in [-0.4, -0.2) is 31.0 Å². The minimum absolute atomic E-state index is 0.0356. The number of rotatable bonds is 7. The van der Waals surface area contributed by atoms with Crippen molar-refractivity contribution in [2.24, 2.45) is 0 Å². The number of aromatic nitrogens is 2. The van der Waals surface area contributed by atoms with Crippen LogP contribution in [0.2, 0.25) is 0 Å². The van der Waals surface area contributed by atoms with Crippen LogP contribution in [0.15, 0.2) is 96.4 Å². The third kappa shape index (κ3) is 4.62. The van der Waals surface area contributed by atoms with Gasteiger partial charge in [-0.25, -0.2) is 13.4 Å². The van der Waals surface area contributed by atoms with Crippen molar-refractivity contribution >= 4 is 27.3 Å². The van der Waals surface area contributed by atoms with Crippen molar-refractivity contribution in [1.29, 1.82) is 0 Å². The Kier molecular flexibility index (Phi) is 5.91. The van der Waals surface area contributed by atoms with Crippen molar-refractivity contribution in [1.82, 2.24) is 9.55 Å². The highest BCUT2D eigenvalue weighted by atomic mass is 32.2. The van der Waals surface area contributed by atoms with E-state index >= 15 is 0 Å². The molecule has 0 bridgehead atoms. The summed E-state index contributed by atoms with van der Waals surface area (Å²) in [5.74, 6) is -0.0289. The number of hydrogen-bond donors (Lipinski definition) is 2. The fraction of sp³-hybridized carbons (Fsp3) is 0.0435. The Morgan fingerprint density at radius 2 is 1.78 bits per heavy atom. The predicted octanol–water partition coefficient (Wildman–Crippen LogP) is 3.93. The number of sulfonamides is 1. The standard InChI is InChI=1S/C23H20N4O4S/c1-31-22-8-3-2-7-21(22)26-32(29,30)20-6-4-5-17(15-20)23(28)25-18-9-11-19(12-10-18)27-14-13-24-16-27/h2-16,26H,1H3,(H,25,28). The van der Waals surface area contributed by atoms with Gasteiger partial charge in [-0.05, 0) is 54.6 Å². The molecule has 0 aliphatic heterocycles. The maximum atomic E-state index is 12.8. The zero-order chi connectivity index (χ0) is 22.6. The lowest BCUT2D eigenvalue weighted by molar-refractivity contribution is 0.102. The number of ether oxygens (including phenoxy) is 1. The molecule has 2 N–H and O–H groups in total. The molecule has 4 aromatic rings. The first-order chi connectivity index (χ1) is 15.5. The molecule has 32 heavy (non-hydrogen) atoms. The van der Waals surface area contributed by atoms with Crippen molar-refractivity contribution in [3.63, 3.8) is 0 Å². The van der Waals surface area contributed by atoms with Crippen LogP contribution in [-0.2, 0) is 10.0 Å². The summed E-state index contributed by atoms with van der Waals surface area (Å²) in [6.45, 7) is 0. The molecule has 0 saturated carbocycles. The largest absolute Gasteiger partial charge is 0.495 e. The Morgan fingerprint density at radius 3 is 2.50 bits per heavy atom. The van der Waals surface area contributed by atoms with Gasteiger partial charge >= 0.3 is 0 Å². The first-order valence-corrected chi connectivity index (χ1v) is 11.1. The van der Waals surface area contributed by atoms with Gasteiger partial charge in [0.25, 0.3) is 15.9 Å². The third-order valence-electron chi connectivity index (χ3n) is 4.69. The molecule has 3 aromatic carbocycles. The number of benzene rings is 3. The van der Waals surface area contributed by atoms with Crippen LogP contribution in [0.1, 0.15) is 10.4 Å². The maximum absolute atomic E-state index is 12.8. The number of imidazole rings is 1. The van der Waals surface area contributed by atoms with Crippen LogP contribution in [0.25, 0.3) is 5.69 Å². The van der Waals surface area contributed by atoms with Gasteiger partial charge in [-0.1, -0.05) is 18.2 Å². The molecule has 9 heteroatoms. The van der Waals surface area contributed by atoms with Crippen LogP contribution in [0.5, 0.6) is 5.75 Å². The van der Waals surface area contributed by atoms with Crippen molar-refractivity contribution in [2.75, 3.05) is 17.1 Å². The molecule has 1 heterocycles. The molecule has 0 spiro atoms. The first kappa shape index (κ1) is 21.1. The van der Waals surface area contributed by atoms with Gasteiger partial charge in [0.15, 0.2) is 0 Å². The minimum atomic E-state index is -3.92. The average Bonchev–Trinajstić information content (AvgIpc) is 3.35. The second kappa shape index (κ2) is 8.94. The number of nitrogens with zero attached hydrogens (tertiary/aromatic N) is 2. The fourth-order valence-electron chi connectivity index (χ4n) is 3.07. The quantitative estimate of drug-likeness (QED) is 0.446. The number of para-hydroxylation sites is 2. The van der Waals surface area contributed by atoms with Gasteiger partial charge in [0.1, 0.15) is 5.75 Å². The van der Waals surface area contributed by atoms with E-state index in [0.29, 0.717) is 17.1 Å². The average molecular weight is 449 g/mol. The van der Waals surface area contributed by atoms with Crippen molar-refractivity contribution in [3.05, 3.63) is 97.1 Å². The van der Waals surface area contributed by atoms with Gasteiger partial charge in [0.2, 0.25) is 0 Å². The zero-order valence-corrected chi connectivity index (χ0v) is 17.9. The highest BCUT2D eigenvalue weighted by molar-refractivity contribution is 7.92. The number of nitrogens with one attached hydrogen (secondary N) is 2. The normalized spacial score (nSPS) is 11.0. The molecular weight excluding hydrogens is 428 g/mol. The molecule has 4 rings (SSSR count). The Morgan fingerprint density at radius 1 is 1.00 bits per heavy atom. The van der Waals surface area contributed by atoms with Gasteiger partial charge in [-0.15, -0.1) is 0 Å². The Hall–Kier alpha value is -4.11. The summed E-state index contributed by atoms with van der Waals surface area (Å²) in [7, 11) is -2.47. The SMILES string of the molecule is COc1ccccc1NS(=O)(=O)c1cccc(C(=O)Nc2ccc(-n3ccnc3)cc2)c1. The van der Waals surface area contributed by atoms with Crippen LogP contribution in [0.4, 0.5) is 11.4 Å². The maximum Gasteiger partial charge on any atom is 0.262 e. The lowest BCUT2D eigenvalue weighted by Gasteiger charge is -2.12. The molecule has 0 atom stereocenters. The van der Waals surface area contributed by atoms with Gasteiger partial charge in [-0.3, -0.25) is 9.52 Å². The molecule has 0 unspecified atom stereocenters. The number of carbonyl (C=O) groups excluding carboxylic acids is 1. The van der Waals surface area contributed by atoms with E-state index < -0.39 is 15.9 Å². The van der Waals surface area contributed by atoms with Crippen LogP contribution < -0.4 is 14.8 Å². The number of carbonyl (C=O) groups is 1. The van der Waals surface area contributed by atoms with E-state index in [0.717, 1.165) is 5.69 Å². The van der Waals surface area contributed by atoms with E-state index in [9.17, 15) is 13.2 Å². The van der Waals surface area contributed by atoms with Crippen LogP contribution in [0.3, 0.4) is 0 Å². The van der Waals surface area contributed by atoms with Crippen molar-refractivity contribution in [3.8, 4) is 11.4 Å². The molecule has 1 aromatic heterocycles. The summed E-state index contributed by atoms with van der Waals surface area (Å²) in [5, 5.41) is 2.78. The first-order valence-electron chi connectivity index (χ1n) is 9.62. The molecule has 162 valence electrons. The lowest BCUT2D eigenvalue weighted by atomic mass is 10.2. The molecule has 0 aliphatic carbocycles. The van der Waals surface area contributed by atoms with E-state index in [-0.39, 0.29) is 10.5 Å². The fourth-order valence-corrected chi connectivity index (χ4v) is 4.18. The van der Waals surface area contributed by atoms with Gasteiger partial charge in [0, 0.05) is 29.3 Å². The predicted molar refractivity (Wildman–Crippen MR) is 122 cm³/mol. The van der Waals surface area contributed by atoms with E-state index in [1.54, 1.807) is 55.0 Å². The van der Waals surface area contributed by atoms with E-state index in [4.69, 9.17) is 4.74 Å². The number of amides is 1. The molecule has 0 fully saturated rings. The molecule has 0 aliphatic rings. The number of hydrogen-bond acceptors (Lipinski definition) is 5. The number of methoxy groups -OCH3 is 1. The third-order valence-corrected chi connectivity index (χ3v) is 6.05. The second-order valence-corrected chi connectivity index (χ2v) is 8.49. The molecule has 0 radical (unpaired) electrons. The monoisotopic (exact) mass is 448 g/mol. The second-order valence-electron chi connectivity index (χ2n) is 6.80. The molecular formula is C23H20N4O4S. The van der Waals surface area contributed by atoms with Crippen LogP contribution >= 0.6 is 0 Å². The van der Waals surface area contributed by atoms with Gasteiger partial charge in [0.05, 0.1) is 24.0 Å². The summed E-state index contributed by atoms with van der Waals surface area (Å²) in [5.41, 5.74) is 2.00. The summed E-state index contributed by atoms with van der Waals surface area (Å²) in [4.78, 5) is 16.7. The topological polar surface area (TPSA) is 102 Å².